The molecule has 4 aromatic rings. The maximum Gasteiger partial charge on any atom is 0.255 e. The first-order chi connectivity index (χ1) is 19.1. The number of para-hydroxylation sites is 1. The van der Waals surface area contributed by atoms with Crippen LogP contribution in [-0.4, -0.2) is 26.4 Å². The molecule has 0 atom stereocenters. The van der Waals surface area contributed by atoms with E-state index in [4.69, 9.17) is 0 Å². The number of carbonyl (C=O) groups is 1. The summed E-state index contributed by atoms with van der Waals surface area (Å²) >= 11 is 0. The normalized spacial score (nSPS) is 11.6. The van der Waals surface area contributed by atoms with E-state index in [2.05, 4.69) is 77.8 Å². The molecule has 0 aliphatic carbocycles. The molecule has 8 heteroatoms. The Morgan fingerprint density at radius 1 is 0.650 bits per heavy atom. The van der Waals surface area contributed by atoms with Gasteiger partial charge in [0.1, 0.15) is 0 Å². The first-order valence-corrected chi connectivity index (χ1v) is 13.7. The maximum absolute atomic E-state index is 12.8. The molecule has 0 unspecified atom stereocenters. The van der Waals surface area contributed by atoms with Gasteiger partial charge in [0.15, 0.2) is 0 Å². The summed E-state index contributed by atoms with van der Waals surface area (Å²) in [4.78, 5) is 26.6. The third-order valence-corrected chi connectivity index (χ3v) is 7.05. The first-order valence-electron chi connectivity index (χ1n) is 13.7. The van der Waals surface area contributed by atoms with Gasteiger partial charge in [-0.05, 0) is 79.3 Å². The molecule has 1 heterocycles. The van der Waals surface area contributed by atoms with Gasteiger partial charge < -0.3 is 21.3 Å². The van der Waals surface area contributed by atoms with E-state index in [9.17, 15) is 4.79 Å². The number of hydrogen-bond donors (Lipinski definition) is 4. The van der Waals surface area contributed by atoms with Gasteiger partial charge in [0.05, 0.1) is 0 Å². The van der Waals surface area contributed by atoms with Crippen LogP contribution in [0.25, 0.3) is 0 Å². The lowest BCUT2D eigenvalue weighted by atomic mass is 9.87. The molecular formula is C32H39N7O. The zero-order valence-electron chi connectivity index (χ0n) is 24.2. The summed E-state index contributed by atoms with van der Waals surface area (Å²) in [6, 6.07) is 25.0. The maximum atomic E-state index is 12.8. The second-order valence-corrected chi connectivity index (χ2v) is 11.2. The summed E-state index contributed by atoms with van der Waals surface area (Å²) in [5, 5.41) is 13.0. The molecule has 4 N–H and O–H groups in total. The number of rotatable bonds is 10. The molecule has 0 fully saturated rings. The summed E-state index contributed by atoms with van der Waals surface area (Å²) < 4.78 is 0. The second-order valence-electron chi connectivity index (χ2n) is 11.2. The Hall–Kier alpha value is -4.46. The SMILES string of the molecule is CCC(C)(CC)Nc1nc(Nc2ccccc2)nc(Nc2ccc(NC(=O)c3ccc(C(C)(C)C)cc3)cc2)n1. The number of benzene rings is 3. The van der Waals surface area contributed by atoms with Crippen LogP contribution in [0.2, 0.25) is 0 Å². The number of carbonyl (C=O) groups excluding carboxylic acids is 1. The molecule has 208 valence electrons. The minimum atomic E-state index is -0.152. The highest BCUT2D eigenvalue weighted by molar-refractivity contribution is 6.04. The average Bonchev–Trinajstić information content (AvgIpc) is 2.94. The Morgan fingerprint density at radius 2 is 1.15 bits per heavy atom. The fourth-order valence-electron chi connectivity index (χ4n) is 3.98. The van der Waals surface area contributed by atoms with Crippen LogP contribution in [0.15, 0.2) is 78.9 Å². The van der Waals surface area contributed by atoms with Gasteiger partial charge in [-0.3, -0.25) is 4.79 Å². The molecule has 0 spiro atoms. The quantitative estimate of drug-likeness (QED) is 0.163. The average molecular weight is 538 g/mol. The molecule has 8 nitrogen and oxygen atoms in total. The summed E-state index contributed by atoms with van der Waals surface area (Å²) in [7, 11) is 0. The van der Waals surface area contributed by atoms with Gasteiger partial charge in [0.2, 0.25) is 17.8 Å². The van der Waals surface area contributed by atoms with Gasteiger partial charge in [-0.2, -0.15) is 15.0 Å². The van der Waals surface area contributed by atoms with Crippen molar-refractivity contribution in [1.82, 2.24) is 15.0 Å². The van der Waals surface area contributed by atoms with Crippen LogP contribution in [0.5, 0.6) is 0 Å². The van der Waals surface area contributed by atoms with Crippen molar-refractivity contribution in [2.75, 3.05) is 21.3 Å². The lowest BCUT2D eigenvalue weighted by Gasteiger charge is -2.28. The zero-order chi connectivity index (χ0) is 28.8. The summed E-state index contributed by atoms with van der Waals surface area (Å²) in [5.74, 6) is 1.17. The van der Waals surface area contributed by atoms with E-state index in [0.717, 1.165) is 24.2 Å². The smallest absolute Gasteiger partial charge is 0.255 e. The van der Waals surface area contributed by atoms with Crippen molar-refractivity contribution < 1.29 is 4.79 Å². The van der Waals surface area contributed by atoms with E-state index in [1.54, 1.807) is 0 Å². The van der Waals surface area contributed by atoms with Crippen molar-refractivity contribution in [3.63, 3.8) is 0 Å². The first kappa shape index (κ1) is 28.5. The topological polar surface area (TPSA) is 104 Å². The lowest BCUT2D eigenvalue weighted by molar-refractivity contribution is 0.102. The number of anilines is 6. The van der Waals surface area contributed by atoms with Crippen LogP contribution < -0.4 is 21.3 Å². The molecule has 0 aliphatic heterocycles. The van der Waals surface area contributed by atoms with Gasteiger partial charge in [0, 0.05) is 28.2 Å². The van der Waals surface area contributed by atoms with E-state index in [1.807, 2.05) is 78.9 Å². The monoisotopic (exact) mass is 537 g/mol. The van der Waals surface area contributed by atoms with Crippen LogP contribution in [0.4, 0.5) is 34.9 Å². The van der Waals surface area contributed by atoms with E-state index >= 15 is 0 Å². The molecule has 0 saturated carbocycles. The number of amides is 1. The van der Waals surface area contributed by atoms with Crippen molar-refractivity contribution in [3.8, 4) is 0 Å². The van der Waals surface area contributed by atoms with Crippen LogP contribution in [0, 0.1) is 0 Å². The van der Waals surface area contributed by atoms with Gasteiger partial charge in [-0.1, -0.05) is 65.0 Å². The van der Waals surface area contributed by atoms with Gasteiger partial charge in [-0.15, -0.1) is 0 Å². The fraction of sp³-hybridized carbons (Fsp3) is 0.312. The fourth-order valence-corrected chi connectivity index (χ4v) is 3.98. The van der Waals surface area contributed by atoms with Crippen LogP contribution in [0.3, 0.4) is 0 Å². The molecule has 0 radical (unpaired) electrons. The molecular weight excluding hydrogens is 498 g/mol. The van der Waals surface area contributed by atoms with Crippen LogP contribution >= 0.6 is 0 Å². The van der Waals surface area contributed by atoms with Crippen molar-refractivity contribution in [2.45, 2.75) is 65.3 Å². The van der Waals surface area contributed by atoms with E-state index in [-0.39, 0.29) is 16.9 Å². The van der Waals surface area contributed by atoms with Crippen molar-refractivity contribution in [3.05, 3.63) is 90.0 Å². The Balaban J connectivity index is 1.49. The molecule has 1 amide bonds. The largest absolute Gasteiger partial charge is 0.349 e. The van der Waals surface area contributed by atoms with E-state index in [1.165, 1.54) is 5.56 Å². The highest BCUT2D eigenvalue weighted by Crippen LogP contribution is 2.25. The Bertz CT molecular complexity index is 1410. The molecule has 1 aromatic heterocycles. The van der Waals surface area contributed by atoms with Gasteiger partial charge >= 0.3 is 0 Å². The Kier molecular flexibility index (Phi) is 8.67. The number of aromatic nitrogens is 3. The van der Waals surface area contributed by atoms with Crippen molar-refractivity contribution in [2.24, 2.45) is 0 Å². The highest BCUT2D eigenvalue weighted by atomic mass is 16.1. The molecule has 3 aromatic carbocycles. The van der Waals surface area contributed by atoms with E-state index < -0.39 is 0 Å². The van der Waals surface area contributed by atoms with Crippen LogP contribution in [0.1, 0.15) is 70.3 Å². The minimum Gasteiger partial charge on any atom is -0.349 e. The van der Waals surface area contributed by atoms with Gasteiger partial charge in [0.25, 0.3) is 5.91 Å². The highest BCUT2D eigenvalue weighted by Gasteiger charge is 2.21. The number of nitrogens with one attached hydrogen (secondary N) is 4. The minimum absolute atomic E-state index is 0.0389. The zero-order valence-corrected chi connectivity index (χ0v) is 24.2. The Labute approximate surface area is 237 Å². The van der Waals surface area contributed by atoms with Crippen molar-refractivity contribution in [1.29, 1.82) is 0 Å². The molecule has 0 bridgehead atoms. The number of hydrogen-bond acceptors (Lipinski definition) is 7. The molecule has 4 rings (SSSR count). The molecule has 0 saturated heterocycles. The summed E-state index contributed by atoms with van der Waals surface area (Å²) in [6.07, 6.45) is 1.85. The number of nitrogens with zero attached hydrogens (tertiary/aromatic N) is 3. The predicted molar refractivity (Wildman–Crippen MR) is 165 cm³/mol. The van der Waals surface area contributed by atoms with E-state index in [0.29, 0.717) is 29.1 Å². The molecule has 40 heavy (non-hydrogen) atoms. The second kappa shape index (κ2) is 12.2. The summed E-state index contributed by atoms with van der Waals surface area (Å²) in [6.45, 7) is 12.9. The van der Waals surface area contributed by atoms with Gasteiger partial charge in [-0.25, -0.2) is 0 Å². The lowest BCUT2D eigenvalue weighted by Crippen LogP contribution is -2.34. The third kappa shape index (κ3) is 7.56. The molecule has 0 aliphatic rings. The predicted octanol–water partition coefficient (Wildman–Crippen LogP) is 7.90. The third-order valence-electron chi connectivity index (χ3n) is 7.05. The Morgan fingerprint density at radius 3 is 1.68 bits per heavy atom. The van der Waals surface area contributed by atoms with Crippen LogP contribution in [-0.2, 0) is 5.41 Å². The standard InChI is InChI=1S/C32H39N7O/c1-7-32(6,8-2)39-30-37-28(34-24-12-10-9-11-13-24)36-29(38-30)35-26-20-18-25(19-21-26)33-27(40)22-14-16-23(17-15-22)31(3,4)5/h9-21H,7-8H2,1-6H3,(H,33,40)(H3,34,35,36,37,38,39). The van der Waals surface area contributed by atoms with Crippen molar-refractivity contribution >= 4 is 40.8 Å². The summed E-state index contributed by atoms with van der Waals surface area (Å²) in [5.41, 5.74) is 4.06.